The molecule has 24 heavy (non-hydrogen) atoms. The molecule has 6 nitrogen and oxygen atoms in total. The van der Waals surface area contributed by atoms with Gasteiger partial charge in [0.05, 0.1) is 12.3 Å². The molecule has 1 N–H and O–H groups in total. The zero-order chi connectivity index (χ0) is 16.9. The van der Waals surface area contributed by atoms with E-state index in [-0.39, 0.29) is 12.2 Å². The van der Waals surface area contributed by atoms with Crippen LogP contribution in [0.2, 0.25) is 0 Å². The fraction of sp³-hybridized carbons (Fsp3) is 0.353. The lowest BCUT2D eigenvalue weighted by Gasteiger charge is -2.27. The van der Waals surface area contributed by atoms with Crippen LogP contribution in [0, 0.1) is 5.82 Å². The topological polar surface area (TPSA) is 70.8 Å². The van der Waals surface area contributed by atoms with Gasteiger partial charge in [-0.05, 0) is 0 Å². The first kappa shape index (κ1) is 16.3. The van der Waals surface area contributed by atoms with Crippen LogP contribution in [0.25, 0.3) is 11.1 Å². The standard InChI is InChI=1S/C17H19FN4O2/c1-24-21-14-5-7-22(8-6-14)17-19-9-13(10-20-17)15-4-2-3-12(11-23)16(15)18/h2-4,9-10,23H,5-8,11H2,1H3. The largest absolute Gasteiger partial charge is 0.399 e. The number of anilines is 1. The van der Waals surface area contributed by atoms with Crippen LogP contribution in [-0.2, 0) is 11.4 Å². The van der Waals surface area contributed by atoms with Crippen LogP contribution in [0.3, 0.4) is 0 Å². The van der Waals surface area contributed by atoms with E-state index in [1.807, 2.05) is 0 Å². The molecule has 1 aromatic heterocycles. The number of nitrogens with zero attached hydrogens (tertiary/aromatic N) is 4. The van der Waals surface area contributed by atoms with Gasteiger partial charge in [-0.3, -0.25) is 0 Å². The highest BCUT2D eigenvalue weighted by molar-refractivity contribution is 5.86. The first-order valence-corrected chi connectivity index (χ1v) is 7.77. The number of oxime groups is 1. The summed E-state index contributed by atoms with van der Waals surface area (Å²) in [7, 11) is 1.55. The smallest absolute Gasteiger partial charge is 0.225 e. The number of benzene rings is 1. The maximum absolute atomic E-state index is 14.3. The van der Waals surface area contributed by atoms with Crippen LogP contribution in [0.1, 0.15) is 18.4 Å². The molecule has 7 heteroatoms. The summed E-state index contributed by atoms with van der Waals surface area (Å²) >= 11 is 0. The van der Waals surface area contributed by atoms with E-state index >= 15 is 0 Å². The normalized spacial score (nSPS) is 14.6. The Kier molecular flexibility index (Phi) is 5.00. The molecular formula is C17H19FN4O2. The van der Waals surface area contributed by atoms with Crippen LogP contribution in [0.15, 0.2) is 35.7 Å². The third-order valence-electron chi connectivity index (χ3n) is 4.04. The third kappa shape index (κ3) is 3.35. The molecule has 0 radical (unpaired) electrons. The maximum atomic E-state index is 14.3. The number of aliphatic hydroxyl groups excluding tert-OH is 1. The van der Waals surface area contributed by atoms with Crippen LogP contribution in [0.5, 0.6) is 0 Å². The van der Waals surface area contributed by atoms with Crippen molar-refractivity contribution in [2.75, 3.05) is 25.1 Å². The number of aliphatic hydroxyl groups is 1. The molecule has 2 aromatic rings. The molecule has 0 atom stereocenters. The van der Waals surface area contributed by atoms with Gasteiger partial charge in [-0.25, -0.2) is 14.4 Å². The summed E-state index contributed by atoms with van der Waals surface area (Å²) in [5, 5.41) is 13.1. The van der Waals surface area contributed by atoms with Gasteiger partial charge in [0.1, 0.15) is 12.9 Å². The Labute approximate surface area is 139 Å². The molecule has 2 heterocycles. The number of rotatable bonds is 4. The second kappa shape index (κ2) is 7.35. The molecule has 0 unspecified atom stereocenters. The summed E-state index contributed by atoms with van der Waals surface area (Å²) in [6.07, 6.45) is 4.85. The van der Waals surface area contributed by atoms with Crippen LogP contribution >= 0.6 is 0 Å². The maximum Gasteiger partial charge on any atom is 0.225 e. The Morgan fingerprint density at radius 1 is 1.25 bits per heavy atom. The zero-order valence-electron chi connectivity index (χ0n) is 13.4. The first-order valence-electron chi connectivity index (χ1n) is 7.77. The van der Waals surface area contributed by atoms with Gasteiger partial charge < -0.3 is 14.8 Å². The molecule has 1 aliphatic rings. The van der Waals surface area contributed by atoms with Crippen molar-refractivity contribution < 1.29 is 14.3 Å². The Hall–Kier alpha value is -2.54. The molecule has 1 aromatic carbocycles. The van der Waals surface area contributed by atoms with Crippen molar-refractivity contribution in [2.24, 2.45) is 5.16 Å². The van der Waals surface area contributed by atoms with Gasteiger partial charge in [0, 0.05) is 55.0 Å². The van der Waals surface area contributed by atoms with Crippen molar-refractivity contribution in [2.45, 2.75) is 19.4 Å². The van der Waals surface area contributed by atoms with E-state index < -0.39 is 5.82 Å². The molecule has 126 valence electrons. The van der Waals surface area contributed by atoms with Gasteiger partial charge in [0.25, 0.3) is 0 Å². The second-order valence-electron chi connectivity index (χ2n) is 5.54. The average Bonchev–Trinajstić information content (AvgIpc) is 2.63. The lowest BCUT2D eigenvalue weighted by atomic mass is 10.1. The summed E-state index contributed by atoms with van der Waals surface area (Å²) < 4.78 is 14.3. The fourth-order valence-electron chi connectivity index (χ4n) is 2.73. The minimum atomic E-state index is -0.435. The summed E-state index contributed by atoms with van der Waals surface area (Å²) in [5.74, 6) is 0.184. The van der Waals surface area contributed by atoms with Crippen molar-refractivity contribution in [3.8, 4) is 11.1 Å². The van der Waals surface area contributed by atoms with Gasteiger partial charge in [-0.15, -0.1) is 0 Å². The quantitative estimate of drug-likeness (QED) is 0.872. The van der Waals surface area contributed by atoms with Gasteiger partial charge in [-0.2, -0.15) is 0 Å². The molecule has 3 rings (SSSR count). The number of hydrogen-bond donors (Lipinski definition) is 1. The molecule has 1 fully saturated rings. The summed E-state index contributed by atoms with van der Waals surface area (Å²) in [4.78, 5) is 15.6. The molecule has 0 amide bonds. The molecule has 1 saturated heterocycles. The summed E-state index contributed by atoms with van der Waals surface area (Å²) in [6.45, 7) is 1.21. The highest BCUT2D eigenvalue weighted by Crippen LogP contribution is 2.25. The number of aromatic nitrogens is 2. The lowest BCUT2D eigenvalue weighted by molar-refractivity contribution is 0.211. The third-order valence-corrected chi connectivity index (χ3v) is 4.04. The van der Waals surface area contributed by atoms with Crippen molar-refractivity contribution in [1.29, 1.82) is 0 Å². The van der Waals surface area contributed by atoms with Crippen LogP contribution < -0.4 is 4.90 Å². The Bertz CT molecular complexity index is 724. The van der Waals surface area contributed by atoms with E-state index in [2.05, 4.69) is 20.0 Å². The van der Waals surface area contributed by atoms with Gasteiger partial charge in [0.15, 0.2) is 0 Å². The monoisotopic (exact) mass is 330 g/mol. The van der Waals surface area contributed by atoms with E-state index in [9.17, 15) is 4.39 Å². The first-order chi connectivity index (χ1) is 11.7. The Morgan fingerprint density at radius 2 is 1.96 bits per heavy atom. The van der Waals surface area contributed by atoms with Gasteiger partial charge in [0.2, 0.25) is 5.95 Å². The van der Waals surface area contributed by atoms with Crippen molar-refractivity contribution in [3.63, 3.8) is 0 Å². The zero-order valence-corrected chi connectivity index (χ0v) is 13.4. The molecule has 0 aliphatic carbocycles. The van der Waals surface area contributed by atoms with Crippen LogP contribution in [-0.4, -0.2) is 41.0 Å². The van der Waals surface area contributed by atoms with Gasteiger partial charge >= 0.3 is 0 Å². The van der Waals surface area contributed by atoms with Crippen molar-refractivity contribution >= 4 is 11.7 Å². The lowest BCUT2D eigenvalue weighted by Crippen LogP contribution is -2.35. The van der Waals surface area contributed by atoms with E-state index in [4.69, 9.17) is 9.94 Å². The van der Waals surface area contributed by atoms with Gasteiger partial charge in [-0.1, -0.05) is 23.4 Å². The molecule has 0 saturated carbocycles. The second-order valence-corrected chi connectivity index (χ2v) is 5.54. The van der Waals surface area contributed by atoms with E-state index in [1.54, 1.807) is 37.7 Å². The highest BCUT2D eigenvalue weighted by Gasteiger charge is 2.18. The van der Waals surface area contributed by atoms with Crippen molar-refractivity contribution in [1.82, 2.24) is 9.97 Å². The SMILES string of the molecule is CON=C1CCN(c2ncc(-c3cccc(CO)c3F)cn2)CC1. The predicted molar refractivity (Wildman–Crippen MR) is 89.2 cm³/mol. The highest BCUT2D eigenvalue weighted by atomic mass is 19.1. The van der Waals surface area contributed by atoms with E-state index in [0.29, 0.717) is 17.1 Å². The fourth-order valence-corrected chi connectivity index (χ4v) is 2.73. The van der Waals surface area contributed by atoms with E-state index in [1.165, 1.54) is 0 Å². The number of piperidine rings is 1. The molecular weight excluding hydrogens is 311 g/mol. The Balaban J connectivity index is 1.76. The molecule has 1 aliphatic heterocycles. The van der Waals surface area contributed by atoms with E-state index in [0.717, 1.165) is 31.6 Å². The predicted octanol–water partition coefficient (Wildman–Crippen LogP) is 2.38. The Morgan fingerprint density at radius 3 is 2.58 bits per heavy atom. The summed E-state index contributed by atoms with van der Waals surface area (Å²) in [6, 6.07) is 4.92. The minimum absolute atomic E-state index is 0.262. The van der Waals surface area contributed by atoms with Crippen molar-refractivity contribution in [3.05, 3.63) is 42.0 Å². The minimum Gasteiger partial charge on any atom is -0.399 e. The average molecular weight is 330 g/mol. The summed E-state index contributed by atoms with van der Waals surface area (Å²) in [5.41, 5.74) is 2.28. The number of hydrogen-bond acceptors (Lipinski definition) is 6. The molecule has 0 spiro atoms. The number of halogens is 1. The van der Waals surface area contributed by atoms with Crippen LogP contribution in [0.4, 0.5) is 10.3 Å². The molecule has 0 bridgehead atoms.